The molecule has 0 aliphatic carbocycles. The highest BCUT2D eigenvalue weighted by Gasteiger charge is 2.34. The summed E-state index contributed by atoms with van der Waals surface area (Å²) in [6.45, 7) is 11.8. The van der Waals surface area contributed by atoms with Gasteiger partial charge in [-0.3, -0.25) is 4.79 Å². The maximum Gasteiger partial charge on any atom is 0.303 e. The standard InChI is InChI=1S/C30H50O4/c1-6-7-8-9-10-13-16-20-30(5)21-19-26-25(4)28(23(2)24(3)29(26)34-30)33-22-17-14-11-12-15-18-27(31)32/h6-22H2,1-5H3,(H,31,32). The summed E-state index contributed by atoms with van der Waals surface area (Å²) in [5.41, 5.74) is 4.97. The van der Waals surface area contributed by atoms with Crippen LogP contribution in [0.25, 0.3) is 0 Å². The summed E-state index contributed by atoms with van der Waals surface area (Å²) in [5, 5.41) is 8.72. The molecule has 0 saturated heterocycles. The fraction of sp³-hybridized carbons (Fsp3) is 0.767. The zero-order chi connectivity index (χ0) is 25.0. The number of ether oxygens (including phenoxy) is 2. The quantitative estimate of drug-likeness (QED) is 0.230. The zero-order valence-corrected chi connectivity index (χ0v) is 22.7. The highest BCUT2D eigenvalue weighted by atomic mass is 16.5. The minimum atomic E-state index is -0.695. The average Bonchev–Trinajstić information content (AvgIpc) is 2.80. The molecule has 1 aliphatic heterocycles. The molecule has 0 amide bonds. The van der Waals surface area contributed by atoms with E-state index in [0.717, 1.165) is 69.5 Å². The molecule has 1 heterocycles. The number of fused-ring (bicyclic) bond motifs is 1. The molecule has 1 atom stereocenters. The molecule has 2 rings (SSSR count). The molecule has 1 N–H and O–H groups in total. The Bertz CT molecular complexity index is 770. The topological polar surface area (TPSA) is 55.8 Å². The van der Waals surface area contributed by atoms with Gasteiger partial charge in [-0.1, -0.05) is 64.7 Å². The molecule has 0 spiro atoms. The van der Waals surface area contributed by atoms with Crippen molar-refractivity contribution < 1.29 is 19.4 Å². The number of unbranched alkanes of at least 4 members (excludes halogenated alkanes) is 10. The van der Waals surface area contributed by atoms with Crippen molar-refractivity contribution in [1.82, 2.24) is 0 Å². The van der Waals surface area contributed by atoms with Crippen molar-refractivity contribution in [3.63, 3.8) is 0 Å². The third-order valence-electron chi connectivity index (χ3n) is 7.65. The fourth-order valence-electron chi connectivity index (χ4n) is 5.21. The van der Waals surface area contributed by atoms with Gasteiger partial charge in [-0.25, -0.2) is 0 Å². The number of carbonyl (C=O) groups is 1. The van der Waals surface area contributed by atoms with Crippen molar-refractivity contribution in [2.24, 2.45) is 0 Å². The monoisotopic (exact) mass is 474 g/mol. The molecule has 1 aromatic rings. The molecule has 1 aromatic carbocycles. The molecule has 0 saturated carbocycles. The van der Waals surface area contributed by atoms with E-state index in [1.165, 1.54) is 67.2 Å². The maximum atomic E-state index is 10.6. The second kappa shape index (κ2) is 14.6. The van der Waals surface area contributed by atoms with Crippen LogP contribution in [0.1, 0.15) is 132 Å². The number of rotatable bonds is 17. The fourth-order valence-corrected chi connectivity index (χ4v) is 5.21. The second-order valence-electron chi connectivity index (χ2n) is 10.7. The van der Waals surface area contributed by atoms with Crippen molar-refractivity contribution in [1.29, 1.82) is 0 Å². The Kier molecular flexibility index (Phi) is 12.3. The second-order valence-corrected chi connectivity index (χ2v) is 10.7. The van der Waals surface area contributed by atoms with Gasteiger partial charge in [0.25, 0.3) is 0 Å². The number of hydrogen-bond acceptors (Lipinski definition) is 3. The smallest absolute Gasteiger partial charge is 0.303 e. The van der Waals surface area contributed by atoms with E-state index in [4.69, 9.17) is 14.6 Å². The predicted molar refractivity (Wildman–Crippen MR) is 141 cm³/mol. The Morgan fingerprint density at radius 1 is 0.882 bits per heavy atom. The van der Waals surface area contributed by atoms with E-state index < -0.39 is 5.97 Å². The molecule has 4 heteroatoms. The first-order chi connectivity index (χ1) is 16.3. The molecule has 0 radical (unpaired) electrons. The van der Waals surface area contributed by atoms with Crippen LogP contribution in [0.5, 0.6) is 11.5 Å². The first-order valence-corrected chi connectivity index (χ1v) is 14.0. The van der Waals surface area contributed by atoms with Gasteiger partial charge in [0, 0.05) is 12.0 Å². The van der Waals surface area contributed by atoms with Gasteiger partial charge >= 0.3 is 5.97 Å². The molecule has 4 nitrogen and oxygen atoms in total. The van der Waals surface area contributed by atoms with E-state index in [1.54, 1.807) is 0 Å². The molecule has 0 aromatic heterocycles. The molecular formula is C30H50O4. The van der Waals surface area contributed by atoms with Crippen LogP contribution in [-0.4, -0.2) is 23.3 Å². The van der Waals surface area contributed by atoms with Gasteiger partial charge in [-0.15, -0.1) is 0 Å². The molecule has 34 heavy (non-hydrogen) atoms. The van der Waals surface area contributed by atoms with E-state index in [0.29, 0.717) is 0 Å². The van der Waals surface area contributed by atoms with Crippen molar-refractivity contribution in [2.75, 3.05) is 6.61 Å². The number of benzene rings is 1. The van der Waals surface area contributed by atoms with E-state index >= 15 is 0 Å². The zero-order valence-electron chi connectivity index (χ0n) is 22.7. The van der Waals surface area contributed by atoms with Gasteiger partial charge in [-0.2, -0.15) is 0 Å². The van der Waals surface area contributed by atoms with Gasteiger partial charge < -0.3 is 14.6 Å². The third-order valence-corrected chi connectivity index (χ3v) is 7.65. The Morgan fingerprint density at radius 3 is 2.18 bits per heavy atom. The van der Waals surface area contributed by atoms with Crippen molar-refractivity contribution in [3.8, 4) is 11.5 Å². The van der Waals surface area contributed by atoms with Gasteiger partial charge in [0.1, 0.15) is 17.1 Å². The number of carboxylic acid groups (broad SMARTS) is 1. The SMILES string of the molecule is CCCCCCCCCC1(C)CCc2c(C)c(OCCCCCCCC(=O)O)c(C)c(C)c2O1. The summed E-state index contributed by atoms with van der Waals surface area (Å²) in [4.78, 5) is 10.6. The average molecular weight is 475 g/mol. The van der Waals surface area contributed by atoms with Crippen LogP contribution in [0, 0.1) is 20.8 Å². The minimum absolute atomic E-state index is 0.0525. The molecular weight excluding hydrogens is 424 g/mol. The van der Waals surface area contributed by atoms with Crippen molar-refractivity contribution >= 4 is 5.97 Å². The van der Waals surface area contributed by atoms with Crippen LogP contribution in [-0.2, 0) is 11.2 Å². The highest BCUT2D eigenvalue weighted by Crippen LogP contribution is 2.45. The van der Waals surface area contributed by atoms with Crippen molar-refractivity contribution in [3.05, 3.63) is 22.3 Å². The molecule has 1 aliphatic rings. The van der Waals surface area contributed by atoms with Crippen LogP contribution in [0.3, 0.4) is 0 Å². The van der Waals surface area contributed by atoms with Crippen LogP contribution in [0.4, 0.5) is 0 Å². The maximum absolute atomic E-state index is 10.6. The third kappa shape index (κ3) is 8.82. The molecule has 0 bridgehead atoms. The van der Waals surface area contributed by atoms with Gasteiger partial charge in [-0.05, 0) is 82.9 Å². The Hall–Kier alpha value is -1.71. The lowest BCUT2D eigenvalue weighted by molar-refractivity contribution is -0.137. The Labute approximate surface area is 208 Å². The molecule has 1 unspecified atom stereocenters. The van der Waals surface area contributed by atoms with E-state index in [1.807, 2.05) is 0 Å². The first-order valence-electron chi connectivity index (χ1n) is 14.0. The lowest BCUT2D eigenvalue weighted by Gasteiger charge is -2.38. The van der Waals surface area contributed by atoms with Crippen LogP contribution < -0.4 is 9.47 Å². The number of aliphatic carboxylic acids is 1. The lowest BCUT2D eigenvalue weighted by Crippen LogP contribution is -2.37. The summed E-state index contributed by atoms with van der Waals surface area (Å²) >= 11 is 0. The van der Waals surface area contributed by atoms with E-state index in [9.17, 15) is 4.79 Å². The predicted octanol–water partition coefficient (Wildman–Crippen LogP) is 8.64. The molecule has 0 fully saturated rings. The van der Waals surface area contributed by atoms with Crippen LogP contribution in [0.15, 0.2) is 0 Å². The summed E-state index contributed by atoms with van der Waals surface area (Å²) in [6, 6.07) is 0. The largest absolute Gasteiger partial charge is 0.493 e. The van der Waals surface area contributed by atoms with E-state index in [-0.39, 0.29) is 12.0 Å². The van der Waals surface area contributed by atoms with E-state index in [2.05, 4.69) is 34.6 Å². The van der Waals surface area contributed by atoms with Crippen molar-refractivity contribution in [2.45, 2.75) is 143 Å². The number of carboxylic acids is 1. The lowest BCUT2D eigenvalue weighted by atomic mass is 9.84. The van der Waals surface area contributed by atoms with Crippen LogP contribution in [0.2, 0.25) is 0 Å². The number of hydrogen-bond donors (Lipinski definition) is 1. The highest BCUT2D eigenvalue weighted by molar-refractivity contribution is 5.66. The Balaban J connectivity index is 1.85. The summed E-state index contributed by atoms with van der Waals surface area (Å²) in [7, 11) is 0. The van der Waals surface area contributed by atoms with Gasteiger partial charge in [0.15, 0.2) is 0 Å². The van der Waals surface area contributed by atoms with Gasteiger partial charge in [0.2, 0.25) is 0 Å². The minimum Gasteiger partial charge on any atom is -0.493 e. The van der Waals surface area contributed by atoms with Gasteiger partial charge in [0.05, 0.1) is 6.61 Å². The summed E-state index contributed by atoms with van der Waals surface area (Å²) in [6.07, 6.45) is 17.9. The van der Waals surface area contributed by atoms with Crippen LogP contribution >= 0.6 is 0 Å². The normalized spacial score (nSPS) is 17.3. The summed E-state index contributed by atoms with van der Waals surface area (Å²) < 4.78 is 13.0. The molecule has 194 valence electrons. The summed E-state index contributed by atoms with van der Waals surface area (Å²) in [5.74, 6) is 1.46. The first kappa shape index (κ1) is 28.5. The Morgan fingerprint density at radius 2 is 1.50 bits per heavy atom.